The van der Waals surface area contributed by atoms with Crippen molar-refractivity contribution in [2.75, 3.05) is 13.2 Å². The second-order valence-corrected chi connectivity index (χ2v) is 8.55. The molecule has 3 rings (SSSR count). The zero-order valence-corrected chi connectivity index (χ0v) is 17.7. The van der Waals surface area contributed by atoms with Gasteiger partial charge in [0, 0.05) is 23.7 Å². The van der Waals surface area contributed by atoms with Gasteiger partial charge in [0.1, 0.15) is 17.5 Å². The number of carbonyl (C=O) groups excluding carboxylic acids is 1. The number of urea groups is 1. The summed E-state index contributed by atoms with van der Waals surface area (Å²) >= 11 is 0. The molecule has 0 radical (unpaired) electrons. The summed E-state index contributed by atoms with van der Waals surface area (Å²) in [4.78, 5) is 15.2. The normalized spacial score (nSPS) is 12.7. The van der Waals surface area contributed by atoms with Crippen molar-refractivity contribution in [2.45, 2.75) is 33.2 Å². The van der Waals surface area contributed by atoms with Crippen LogP contribution in [-0.2, 0) is 6.42 Å². The number of halogens is 3. The number of hydrogen-bond acceptors (Lipinski definition) is 2. The van der Waals surface area contributed by atoms with Gasteiger partial charge in [-0.15, -0.1) is 0 Å². The quantitative estimate of drug-likeness (QED) is 0.462. The fraction of sp³-hybridized carbons (Fsp3) is 0.348. The molecule has 0 aliphatic rings. The molecule has 166 valence electrons. The van der Waals surface area contributed by atoms with Gasteiger partial charge in [-0.3, -0.25) is 0 Å². The van der Waals surface area contributed by atoms with Crippen LogP contribution < -0.4 is 10.6 Å². The van der Waals surface area contributed by atoms with Crippen molar-refractivity contribution in [2.24, 2.45) is 5.41 Å². The van der Waals surface area contributed by atoms with E-state index in [4.69, 9.17) is 0 Å². The van der Waals surface area contributed by atoms with Gasteiger partial charge in [-0.05, 0) is 53.3 Å². The van der Waals surface area contributed by atoms with Crippen LogP contribution in [0.5, 0.6) is 0 Å². The Morgan fingerprint density at radius 2 is 1.77 bits per heavy atom. The highest BCUT2D eigenvalue weighted by molar-refractivity contribution is 5.91. The maximum Gasteiger partial charge on any atom is 0.315 e. The Morgan fingerprint density at radius 1 is 1.10 bits per heavy atom. The molecule has 3 aromatic rings. The Balaban J connectivity index is 1.84. The fourth-order valence-electron chi connectivity index (χ4n) is 3.44. The summed E-state index contributed by atoms with van der Waals surface area (Å²) in [5.74, 6) is -1.85. The highest BCUT2D eigenvalue weighted by Crippen LogP contribution is 2.32. The number of fused-ring (bicyclic) bond motifs is 1. The summed E-state index contributed by atoms with van der Waals surface area (Å²) in [7, 11) is 0. The van der Waals surface area contributed by atoms with Gasteiger partial charge in [-0.1, -0.05) is 20.8 Å². The van der Waals surface area contributed by atoms with Crippen LogP contribution in [0.15, 0.2) is 36.4 Å². The number of nitrogens with one attached hydrogen (secondary N) is 3. The Kier molecular flexibility index (Phi) is 6.59. The van der Waals surface area contributed by atoms with Crippen molar-refractivity contribution in [1.82, 2.24) is 15.6 Å². The molecule has 0 aliphatic carbocycles. The molecule has 0 fully saturated rings. The van der Waals surface area contributed by atoms with Crippen LogP contribution in [0.25, 0.3) is 22.2 Å². The molecular weight excluding hydrogens is 407 g/mol. The average Bonchev–Trinajstić information content (AvgIpc) is 3.04. The highest BCUT2D eigenvalue weighted by Gasteiger charge is 2.25. The number of hydrogen-bond donors (Lipinski definition) is 4. The summed E-state index contributed by atoms with van der Waals surface area (Å²) in [5.41, 5.74) is 1.57. The van der Waals surface area contributed by atoms with Crippen molar-refractivity contribution >= 4 is 16.9 Å². The lowest BCUT2D eigenvalue weighted by Crippen LogP contribution is -2.50. The number of carbonyl (C=O) groups is 1. The molecule has 4 N–H and O–H groups in total. The van der Waals surface area contributed by atoms with E-state index in [1.807, 2.05) is 20.8 Å². The van der Waals surface area contributed by atoms with E-state index in [1.165, 1.54) is 18.2 Å². The molecule has 0 spiro atoms. The second-order valence-electron chi connectivity index (χ2n) is 8.55. The first-order chi connectivity index (χ1) is 14.6. The van der Waals surface area contributed by atoms with Gasteiger partial charge in [-0.25, -0.2) is 18.0 Å². The fourth-order valence-corrected chi connectivity index (χ4v) is 3.44. The molecule has 0 saturated heterocycles. The van der Waals surface area contributed by atoms with E-state index in [9.17, 15) is 23.1 Å². The van der Waals surface area contributed by atoms with Gasteiger partial charge in [0.25, 0.3) is 0 Å². The van der Waals surface area contributed by atoms with Crippen molar-refractivity contribution in [1.29, 1.82) is 0 Å². The largest absolute Gasteiger partial charge is 0.394 e. The lowest BCUT2D eigenvalue weighted by molar-refractivity contribution is 0.158. The zero-order chi connectivity index (χ0) is 22.8. The number of benzene rings is 2. The predicted octanol–water partition coefficient (Wildman–Crippen LogP) is 4.50. The number of aliphatic hydroxyl groups excluding tert-OH is 1. The van der Waals surface area contributed by atoms with E-state index in [0.717, 1.165) is 6.07 Å². The van der Waals surface area contributed by atoms with E-state index in [2.05, 4.69) is 15.6 Å². The van der Waals surface area contributed by atoms with E-state index in [1.54, 1.807) is 12.1 Å². The van der Waals surface area contributed by atoms with Crippen molar-refractivity contribution in [3.8, 4) is 11.3 Å². The molecule has 0 saturated carbocycles. The van der Waals surface area contributed by atoms with Crippen LogP contribution in [0.2, 0.25) is 0 Å². The minimum Gasteiger partial charge on any atom is -0.394 e. The Labute approximate surface area is 178 Å². The van der Waals surface area contributed by atoms with Gasteiger partial charge in [0.05, 0.1) is 18.2 Å². The molecule has 1 aromatic heterocycles. The summed E-state index contributed by atoms with van der Waals surface area (Å²) in [6, 6.07) is 6.82. The lowest BCUT2D eigenvalue weighted by atomic mass is 9.87. The highest BCUT2D eigenvalue weighted by atomic mass is 19.1. The van der Waals surface area contributed by atoms with Crippen LogP contribution in [0.3, 0.4) is 0 Å². The van der Waals surface area contributed by atoms with Gasteiger partial charge < -0.3 is 20.7 Å². The van der Waals surface area contributed by atoms with Crippen molar-refractivity contribution in [3.05, 3.63) is 59.4 Å². The number of aromatic nitrogens is 1. The molecule has 2 amide bonds. The first-order valence-electron chi connectivity index (χ1n) is 10.0. The third-order valence-electron chi connectivity index (χ3n) is 5.26. The molecular formula is C23H26F3N3O2. The lowest BCUT2D eigenvalue weighted by Gasteiger charge is -2.29. The number of aromatic amines is 1. The van der Waals surface area contributed by atoms with Crippen LogP contribution in [0, 0.1) is 22.9 Å². The third-order valence-corrected chi connectivity index (χ3v) is 5.26. The van der Waals surface area contributed by atoms with E-state index < -0.39 is 29.5 Å². The SMILES string of the molecule is CC(C)(C)[C@H](CO)NC(=O)NCCc1c(-c2ccc(F)cc2)[nH]c2c(F)cc(F)cc12. The van der Waals surface area contributed by atoms with Gasteiger partial charge >= 0.3 is 6.03 Å². The predicted molar refractivity (Wildman–Crippen MR) is 114 cm³/mol. The summed E-state index contributed by atoms with van der Waals surface area (Å²) in [6.07, 6.45) is 0.280. The van der Waals surface area contributed by atoms with Crippen LogP contribution in [0.4, 0.5) is 18.0 Å². The van der Waals surface area contributed by atoms with Gasteiger partial charge in [0.15, 0.2) is 0 Å². The molecule has 2 aromatic carbocycles. The second kappa shape index (κ2) is 9.01. The van der Waals surface area contributed by atoms with Gasteiger partial charge in [0.2, 0.25) is 0 Å². The van der Waals surface area contributed by atoms with E-state index in [0.29, 0.717) is 22.2 Å². The summed E-state index contributed by atoms with van der Waals surface area (Å²) in [5, 5.41) is 15.3. The maximum absolute atomic E-state index is 14.3. The topological polar surface area (TPSA) is 77.2 Å². The number of rotatable bonds is 6. The van der Waals surface area contributed by atoms with Crippen molar-refractivity contribution < 1.29 is 23.1 Å². The molecule has 0 unspecified atom stereocenters. The first-order valence-corrected chi connectivity index (χ1v) is 10.0. The Hall–Kier alpha value is -3.00. The molecule has 1 atom stereocenters. The molecule has 31 heavy (non-hydrogen) atoms. The molecule has 0 bridgehead atoms. The number of H-pyrrole nitrogens is 1. The minimum absolute atomic E-state index is 0.147. The molecule has 0 aliphatic heterocycles. The van der Waals surface area contributed by atoms with Crippen LogP contribution >= 0.6 is 0 Å². The maximum atomic E-state index is 14.3. The van der Waals surface area contributed by atoms with Gasteiger partial charge in [-0.2, -0.15) is 0 Å². The minimum atomic E-state index is -0.730. The standard InChI is InChI=1S/C23H26F3N3O2/c1-23(2,3)19(12-30)28-22(31)27-9-8-16-17-10-15(25)11-18(26)21(17)29-20(16)13-4-6-14(24)7-5-13/h4-7,10-11,19,29-30H,8-9,12H2,1-3H3,(H2,27,28,31)/t19-/m0/s1. The van der Waals surface area contributed by atoms with E-state index in [-0.39, 0.29) is 30.5 Å². The first kappa shape index (κ1) is 22.7. The molecule has 5 nitrogen and oxygen atoms in total. The van der Waals surface area contributed by atoms with Crippen LogP contribution in [0.1, 0.15) is 26.3 Å². The molecule has 1 heterocycles. The average molecular weight is 433 g/mol. The summed E-state index contributed by atoms with van der Waals surface area (Å²) in [6.45, 7) is 5.69. The van der Waals surface area contributed by atoms with Crippen molar-refractivity contribution in [3.63, 3.8) is 0 Å². The number of aliphatic hydroxyl groups is 1. The van der Waals surface area contributed by atoms with Crippen LogP contribution in [-0.4, -0.2) is 35.3 Å². The Bertz CT molecular complexity index is 1070. The third kappa shape index (κ3) is 5.19. The smallest absolute Gasteiger partial charge is 0.315 e. The Morgan fingerprint density at radius 3 is 2.39 bits per heavy atom. The number of amides is 2. The van der Waals surface area contributed by atoms with E-state index >= 15 is 0 Å². The zero-order valence-electron chi connectivity index (χ0n) is 17.7. The summed E-state index contributed by atoms with van der Waals surface area (Å²) < 4.78 is 41.6. The molecule has 8 heteroatoms. The monoisotopic (exact) mass is 433 g/mol.